The van der Waals surface area contributed by atoms with Gasteiger partial charge in [-0.05, 0) is 30.2 Å². The Kier molecular flexibility index (Phi) is 7.60. The maximum atomic E-state index is 14.6. The molecule has 0 radical (unpaired) electrons. The number of alkyl halides is 3. The summed E-state index contributed by atoms with van der Waals surface area (Å²) in [5, 5.41) is 8.73. The Morgan fingerprint density at radius 2 is 1.95 bits per heavy atom. The number of nitrogens with zero attached hydrogens (tertiary/aromatic N) is 5. The third-order valence-electron chi connectivity index (χ3n) is 6.70. The first kappa shape index (κ1) is 27.7. The van der Waals surface area contributed by atoms with Crippen LogP contribution in [0.25, 0.3) is 28.1 Å². The molecule has 2 N–H and O–H groups in total. The van der Waals surface area contributed by atoms with E-state index in [0.29, 0.717) is 28.7 Å². The van der Waals surface area contributed by atoms with Gasteiger partial charge >= 0.3 is 12.1 Å². The number of likely N-dealkylation sites (tertiary alicyclic amines) is 1. The molecule has 1 aliphatic heterocycles. The van der Waals surface area contributed by atoms with Crippen LogP contribution in [-0.2, 0) is 9.53 Å². The summed E-state index contributed by atoms with van der Waals surface area (Å²) >= 11 is 0. The van der Waals surface area contributed by atoms with E-state index < -0.39 is 18.0 Å². The second-order valence-corrected chi connectivity index (χ2v) is 10.0. The Balaban J connectivity index is 1.44. The van der Waals surface area contributed by atoms with Gasteiger partial charge in [-0.2, -0.15) is 13.2 Å². The van der Waals surface area contributed by atoms with Crippen LogP contribution in [0.5, 0.6) is 5.75 Å². The molecule has 0 spiro atoms. The lowest BCUT2D eigenvalue weighted by molar-refractivity contribution is -0.183. The molecule has 2 atom stereocenters. The second kappa shape index (κ2) is 11.0. The van der Waals surface area contributed by atoms with Crippen LogP contribution in [0.4, 0.5) is 17.6 Å². The number of halogens is 4. The van der Waals surface area contributed by atoms with Gasteiger partial charge in [-0.1, -0.05) is 26.0 Å². The fourth-order valence-corrected chi connectivity index (χ4v) is 4.72. The Labute approximate surface area is 226 Å². The van der Waals surface area contributed by atoms with Gasteiger partial charge < -0.3 is 15.2 Å². The molecule has 3 aromatic heterocycles. The molecule has 1 aliphatic rings. The first-order valence-corrected chi connectivity index (χ1v) is 12.8. The average molecular weight is 561 g/mol. The minimum Gasteiger partial charge on any atom is -0.487 e. The average Bonchev–Trinajstić information content (AvgIpc) is 3.51. The van der Waals surface area contributed by atoms with Crippen LogP contribution in [-0.4, -0.2) is 69.0 Å². The number of aromatic nitrogens is 4. The van der Waals surface area contributed by atoms with E-state index in [9.17, 15) is 22.4 Å². The smallest absolute Gasteiger partial charge is 0.408 e. The molecule has 9 nitrogen and oxygen atoms in total. The van der Waals surface area contributed by atoms with Crippen molar-refractivity contribution in [2.75, 3.05) is 26.3 Å². The summed E-state index contributed by atoms with van der Waals surface area (Å²) in [5.41, 5.74) is 6.97. The van der Waals surface area contributed by atoms with Crippen molar-refractivity contribution in [1.82, 2.24) is 24.5 Å². The summed E-state index contributed by atoms with van der Waals surface area (Å²) in [5.74, 6) is -1.15. The third-order valence-corrected chi connectivity index (χ3v) is 6.70. The number of carbonyl (C=O) groups excluding carboxylic acids is 1. The Bertz CT molecular complexity index is 1540. The van der Waals surface area contributed by atoms with Gasteiger partial charge in [0.1, 0.15) is 24.9 Å². The number of carbonyl (C=O) groups is 1. The van der Waals surface area contributed by atoms with E-state index in [0.717, 1.165) is 0 Å². The second-order valence-electron chi connectivity index (χ2n) is 10.0. The highest BCUT2D eigenvalue weighted by Gasteiger charge is 2.46. The van der Waals surface area contributed by atoms with Gasteiger partial charge in [0, 0.05) is 36.8 Å². The molecule has 1 saturated heterocycles. The predicted octanol–water partition coefficient (Wildman–Crippen LogP) is 4.30. The zero-order valence-electron chi connectivity index (χ0n) is 21.9. The number of nitrogens with two attached hydrogens (primary N) is 1. The molecule has 4 heterocycles. The number of ether oxygens (including phenoxy) is 2. The number of hydrogen-bond acceptors (Lipinski definition) is 8. The van der Waals surface area contributed by atoms with E-state index in [2.05, 4.69) is 15.2 Å². The number of fused-ring (bicyclic) bond motifs is 2. The highest BCUT2D eigenvalue weighted by atomic mass is 19.4. The Morgan fingerprint density at radius 3 is 2.65 bits per heavy atom. The molecule has 40 heavy (non-hydrogen) atoms. The van der Waals surface area contributed by atoms with Crippen LogP contribution in [0.1, 0.15) is 31.9 Å². The van der Waals surface area contributed by atoms with E-state index in [4.69, 9.17) is 15.2 Å². The molecule has 1 fully saturated rings. The zero-order chi connectivity index (χ0) is 28.6. The largest absolute Gasteiger partial charge is 0.487 e. The lowest BCUT2D eigenvalue weighted by Crippen LogP contribution is -2.38. The maximum Gasteiger partial charge on any atom is 0.408 e. The van der Waals surface area contributed by atoms with Crippen molar-refractivity contribution in [3.8, 4) is 17.3 Å². The molecule has 0 unspecified atom stereocenters. The van der Waals surface area contributed by atoms with Crippen molar-refractivity contribution in [2.45, 2.75) is 38.5 Å². The molecule has 1 aromatic carbocycles. The highest BCUT2D eigenvalue weighted by molar-refractivity contribution is 5.82. The van der Waals surface area contributed by atoms with Crippen LogP contribution in [0.3, 0.4) is 0 Å². The molecule has 4 aromatic rings. The van der Waals surface area contributed by atoms with Gasteiger partial charge in [0.05, 0.1) is 11.4 Å². The van der Waals surface area contributed by atoms with Crippen molar-refractivity contribution in [2.24, 2.45) is 11.7 Å². The van der Waals surface area contributed by atoms with E-state index >= 15 is 0 Å². The van der Waals surface area contributed by atoms with Crippen molar-refractivity contribution in [1.29, 1.82) is 0 Å². The lowest BCUT2D eigenvalue weighted by Gasteiger charge is -2.30. The quantitative estimate of drug-likeness (QED) is 0.193. The van der Waals surface area contributed by atoms with Crippen LogP contribution >= 0.6 is 0 Å². The SMILES string of the molecule is CC(C)C(=O)OCCOc1cc2nc(-c3nnc4ccc([C@@H](N5CC[C@H](N)C5)C(F)(F)F)cn34)ccc2cc1F. The molecular formula is C27H28F4N6O3. The van der Waals surface area contributed by atoms with E-state index in [1.165, 1.54) is 39.8 Å². The van der Waals surface area contributed by atoms with Gasteiger partial charge in [0.25, 0.3) is 0 Å². The standard InChI is InChI=1S/C27H28F4N6O3/c1-15(2)26(38)40-10-9-39-22-12-21-16(11-19(22)28)3-5-20(33-21)25-35-34-23-6-4-17(13-37(23)25)24(27(29,30)31)36-8-7-18(32)14-36/h3-6,11-13,15,18,24H,7-10,14,32H2,1-2H3/t18-,24+/m0/s1. The van der Waals surface area contributed by atoms with Crippen LogP contribution in [0.15, 0.2) is 42.6 Å². The number of rotatable bonds is 8. The fraction of sp³-hybridized carbons (Fsp3) is 0.407. The molecule has 0 bridgehead atoms. The van der Waals surface area contributed by atoms with Gasteiger partial charge in [0.2, 0.25) is 0 Å². The van der Waals surface area contributed by atoms with Gasteiger partial charge in [-0.15, -0.1) is 10.2 Å². The van der Waals surface area contributed by atoms with Crippen LogP contribution in [0.2, 0.25) is 0 Å². The summed E-state index contributed by atoms with van der Waals surface area (Å²) < 4.78 is 69.1. The Morgan fingerprint density at radius 1 is 1.15 bits per heavy atom. The van der Waals surface area contributed by atoms with Gasteiger partial charge in [0.15, 0.2) is 23.0 Å². The van der Waals surface area contributed by atoms with Crippen LogP contribution < -0.4 is 10.5 Å². The number of pyridine rings is 2. The topological polar surface area (TPSA) is 108 Å². The first-order chi connectivity index (χ1) is 19.0. The monoisotopic (exact) mass is 560 g/mol. The number of esters is 1. The van der Waals surface area contributed by atoms with Crippen molar-refractivity contribution in [3.63, 3.8) is 0 Å². The van der Waals surface area contributed by atoms with E-state index in [1.807, 2.05) is 0 Å². The highest BCUT2D eigenvalue weighted by Crippen LogP contribution is 2.39. The summed E-state index contributed by atoms with van der Waals surface area (Å²) in [6.07, 6.45) is -2.65. The van der Waals surface area contributed by atoms with Crippen LogP contribution in [0, 0.1) is 11.7 Å². The summed E-state index contributed by atoms with van der Waals surface area (Å²) in [4.78, 5) is 17.5. The molecule has 212 valence electrons. The first-order valence-electron chi connectivity index (χ1n) is 12.8. The van der Waals surface area contributed by atoms with E-state index in [1.54, 1.807) is 26.0 Å². The van der Waals surface area contributed by atoms with Gasteiger partial charge in [-0.3, -0.25) is 14.1 Å². The molecule has 0 amide bonds. The normalized spacial score (nSPS) is 17.1. The summed E-state index contributed by atoms with van der Waals surface area (Å²) in [6, 6.07) is 6.63. The zero-order valence-corrected chi connectivity index (χ0v) is 21.9. The molecular weight excluding hydrogens is 532 g/mol. The lowest BCUT2D eigenvalue weighted by atomic mass is 10.1. The third kappa shape index (κ3) is 5.70. The molecule has 0 saturated carbocycles. The summed E-state index contributed by atoms with van der Waals surface area (Å²) in [7, 11) is 0. The molecule has 0 aliphatic carbocycles. The van der Waals surface area contributed by atoms with Crippen molar-refractivity contribution < 1.29 is 31.8 Å². The molecule has 13 heteroatoms. The molecule has 5 rings (SSSR count). The van der Waals surface area contributed by atoms with Crippen molar-refractivity contribution in [3.05, 3.63) is 54.0 Å². The van der Waals surface area contributed by atoms with Crippen molar-refractivity contribution >= 4 is 22.5 Å². The Hall–Kier alpha value is -3.84. The fourth-order valence-electron chi connectivity index (χ4n) is 4.72. The number of benzene rings is 1. The van der Waals surface area contributed by atoms with E-state index in [-0.39, 0.29) is 61.4 Å². The predicted molar refractivity (Wildman–Crippen MR) is 138 cm³/mol. The van der Waals surface area contributed by atoms with Gasteiger partial charge in [-0.25, -0.2) is 9.37 Å². The number of hydrogen-bond donors (Lipinski definition) is 1. The summed E-state index contributed by atoms with van der Waals surface area (Å²) in [6.45, 7) is 3.69. The minimum atomic E-state index is -4.51. The maximum absolute atomic E-state index is 14.6. The minimum absolute atomic E-state index is 0.0341.